The molecule has 0 fully saturated rings. The van der Waals surface area contributed by atoms with Crippen molar-refractivity contribution in [1.82, 2.24) is 0 Å². The van der Waals surface area contributed by atoms with Crippen molar-refractivity contribution >= 4 is 5.97 Å². The molecule has 0 saturated carbocycles. The Morgan fingerprint density at radius 1 is 0.750 bits per heavy atom. The van der Waals surface area contributed by atoms with Crippen LogP contribution in [0.3, 0.4) is 0 Å². The molecule has 0 heterocycles. The lowest BCUT2D eigenvalue weighted by molar-refractivity contribution is -0.137. The Balaban J connectivity index is 3.10. The number of rotatable bonds is 18. The molecule has 0 aliphatic rings. The van der Waals surface area contributed by atoms with E-state index in [1.165, 1.54) is 89.5 Å². The smallest absolute Gasteiger partial charge is 0.330 e. The summed E-state index contributed by atoms with van der Waals surface area (Å²) in [5.74, 6) is -0.306. The summed E-state index contributed by atoms with van der Waals surface area (Å²) >= 11 is 0. The molecule has 0 bridgehead atoms. The molecular formula is C22H40O2. The molecule has 2 heteroatoms. The van der Waals surface area contributed by atoms with Gasteiger partial charge in [0.05, 0.1) is 6.61 Å². The Hall–Kier alpha value is -1.05. The lowest BCUT2D eigenvalue weighted by Gasteiger charge is -2.02. The van der Waals surface area contributed by atoms with Gasteiger partial charge in [0, 0.05) is 6.08 Å². The zero-order valence-electron chi connectivity index (χ0n) is 16.1. The number of esters is 1. The van der Waals surface area contributed by atoms with Crippen LogP contribution < -0.4 is 0 Å². The van der Waals surface area contributed by atoms with Gasteiger partial charge in [0.1, 0.15) is 0 Å². The Morgan fingerprint density at radius 3 is 1.71 bits per heavy atom. The van der Waals surface area contributed by atoms with Crippen molar-refractivity contribution in [2.75, 3.05) is 6.61 Å². The fourth-order valence-corrected chi connectivity index (χ4v) is 2.76. The first kappa shape index (κ1) is 22.9. The van der Waals surface area contributed by atoms with Crippen LogP contribution in [0.2, 0.25) is 0 Å². The molecule has 0 aliphatic heterocycles. The van der Waals surface area contributed by atoms with E-state index >= 15 is 0 Å². The lowest BCUT2D eigenvalue weighted by atomic mass is 10.1. The molecule has 0 N–H and O–H groups in total. The molecule has 0 aromatic heterocycles. The van der Waals surface area contributed by atoms with Crippen LogP contribution >= 0.6 is 0 Å². The average molecular weight is 337 g/mol. The van der Waals surface area contributed by atoms with Gasteiger partial charge in [-0.05, 0) is 32.1 Å². The van der Waals surface area contributed by atoms with Crippen LogP contribution in [0.5, 0.6) is 0 Å². The van der Waals surface area contributed by atoms with E-state index in [0.717, 1.165) is 12.8 Å². The average Bonchev–Trinajstić information content (AvgIpc) is 2.60. The number of hydrogen-bond donors (Lipinski definition) is 0. The van der Waals surface area contributed by atoms with Crippen molar-refractivity contribution in [1.29, 1.82) is 0 Å². The van der Waals surface area contributed by atoms with E-state index in [0.29, 0.717) is 6.61 Å². The second-order valence-corrected chi connectivity index (χ2v) is 6.66. The highest BCUT2D eigenvalue weighted by molar-refractivity contribution is 5.81. The van der Waals surface area contributed by atoms with E-state index in [-0.39, 0.29) is 5.97 Å². The summed E-state index contributed by atoms with van der Waals surface area (Å²) in [6.07, 6.45) is 25.5. The first-order chi connectivity index (χ1) is 11.8. The predicted octanol–water partition coefficient (Wildman–Crippen LogP) is 7.14. The SMILES string of the molecule is C=CC(=O)OCCCCCCCCC/C=C/CCCCCCCC. The normalized spacial score (nSPS) is 11.0. The predicted molar refractivity (Wildman–Crippen MR) is 105 cm³/mol. The maximum Gasteiger partial charge on any atom is 0.330 e. The summed E-state index contributed by atoms with van der Waals surface area (Å²) in [5.41, 5.74) is 0. The van der Waals surface area contributed by atoms with Crippen molar-refractivity contribution in [2.45, 2.75) is 103 Å². The molecule has 2 nitrogen and oxygen atoms in total. The van der Waals surface area contributed by atoms with E-state index < -0.39 is 0 Å². The number of ether oxygens (including phenoxy) is 1. The van der Waals surface area contributed by atoms with Gasteiger partial charge in [0.2, 0.25) is 0 Å². The first-order valence-corrected chi connectivity index (χ1v) is 10.3. The van der Waals surface area contributed by atoms with Crippen LogP contribution in [0.1, 0.15) is 103 Å². The highest BCUT2D eigenvalue weighted by Crippen LogP contribution is 2.10. The summed E-state index contributed by atoms with van der Waals surface area (Å²) in [4.78, 5) is 10.8. The van der Waals surface area contributed by atoms with Crippen molar-refractivity contribution in [2.24, 2.45) is 0 Å². The second kappa shape index (κ2) is 20.0. The van der Waals surface area contributed by atoms with Gasteiger partial charge in [-0.15, -0.1) is 0 Å². The van der Waals surface area contributed by atoms with Gasteiger partial charge in [-0.3, -0.25) is 0 Å². The second-order valence-electron chi connectivity index (χ2n) is 6.66. The Labute approximate surface area is 150 Å². The van der Waals surface area contributed by atoms with Crippen molar-refractivity contribution in [3.8, 4) is 0 Å². The van der Waals surface area contributed by atoms with Crippen LogP contribution in [-0.2, 0) is 9.53 Å². The van der Waals surface area contributed by atoms with Crippen LogP contribution in [0, 0.1) is 0 Å². The van der Waals surface area contributed by atoms with Gasteiger partial charge in [0.15, 0.2) is 0 Å². The highest BCUT2D eigenvalue weighted by atomic mass is 16.5. The van der Waals surface area contributed by atoms with Gasteiger partial charge in [-0.2, -0.15) is 0 Å². The molecule has 140 valence electrons. The number of allylic oxidation sites excluding steroid dienone is 2. The highest BCUT2D eigenvalue weighted by Gasteiger charge is 1.95. The zero-order valence-corrected chi connectivity index (χ0v) is 16.1. The summed E-state index contributed by atoms with van der Waals surface area (Å²) in [6, 6.07) is 0. The fourth-order valence-electron chi connectivity index (χ4n) is 2.76. The first-order valence-electron chi connectivity index (χ1n) is 10.3. The summed E-state index contributed by atoms with van der Waals surface area (Å²) in [7, 11) is 0. The maximum atomic E-state index is 10.8. The summed E-state index contributed by atoms with van der Waals surface area (Å²) in [5, 5.41) is 0. The van der Waals surface area contributed by atoms with Crippen molar-refractivity contribution in [3.05, 3.63) is 24.8 Å². The molecular weight excluding hydrogens is 296 g/mol. The minimum absolute atomic E-state index is 0.306. The third-order valence-corrected chi connectivity index (χ3v) is 4.32. The topological polar surface area (TPSA) is 26.3 Å². The standard InChI is InChI=1S/C22H40O2/c1-3-5-6-7-8-9-10-11-12-13-14-15-16-17-18-19-20-21-24-22(23)4-2/h4,11-12H,2-3,5-10,13-21H2,1H3/b12-11+. The molecule has 0 atom stereocenters. The van der Waals surface area contributed by atoms with Gasteiger partial charge < -0.3 is 4.74 Å². The zero-order chi connectivity index (χ0) is 17.7. The molecule has 0 aliphatic carbocycles. The van der Waals surface area contributed by atoms with E-state index in [2.05, 4.69) is 25.7 Å². The van der Waals surface area contributed by atoms with E-state index in [4.69, 9.17) is 4.74 Å². The monoisotopic (exact) mass is 336 g/mol. The lowest BCUT2D eigenvalue weighted by Crippen LogP contribution is -2.01. The largest absolute Gasteiger partial charge is 0.463 e. The van der Waals surface area contributed by atoms with Crippen LogP contribution in [0.15, 0.2) is 24.8 Å². The molecule has 0 amide bonds. The molecule has 24 heavy (non-hydrogen) atoms. The quantitative estimate of drug-likeness (QED) is 0.115. The van der Waals surface area contributed by atoms with Crippen LogP contribution in [0.4, 0.5) is 0 Å². The molecule has 0 aromatic carbocycles. The maximum absolute atomic E-state index is 10.8. The number of unbranched alkanes of at least 4 members (excludes halogenated alkanes) is 13. The Kier molecular flexibility index (Phi) is 19.1. The minimum atomic E-state index is -0.306. The van der Waals surface area contributed by atoms with Gasteiger partial charge in [-0.1, -0.05) is 89.9 Å². The van der Waals surface area contributed by atoms with Crippen LogP contribution in [-0.4, -0.2) is 12.6 Å². The number of carbonyl (C=O) groups is 1. The summed E-state index contributed by atoms with van der Waals surface area (Å²) < 4.78 is 4.95. The number of carbonyl (C=O) groups excluding carboxylic acids is 1. The molecule has 0 radical (unpaired) electrons. The minimum Gasteiger partial charge on any atom is -0.463 e. The van der Waals surface area contributed by atoms with E-state index in [9.17, 15) is 4.79 Å². The van der Waals surface area contributed by atoms with E-state index in [1.54, 1.807) is 0 Å². The Bertz CT molecular complexity index is 307. The molecule has 0 rings (SSSR count). The molecule has 0 saturated heterocycles. The molecule has 0 unspecified atom stereocenters. The van der Waals surface area contributed by atoms with Gasteiger partial charge in [-0.25, -0.2) is 4.79 Å². The third kappa shape index (κ3) is 19.0. The van der Waals surface area contributed by atoms with Crippen LogP contribution in [0.25, 0.3) is 0 Å². The molecule has 0 aromatic rings. The van der Waals surface area contributed by atoms with Gasteiger partial charge >= 0.3 is 5.97 Å². The Morgan fingerprint density at radius 2 is 1.21 bits per heavy atom. The van der Waals surface area contributed by atoms with Crippen molar-refractivity contribution in [3.63, 3.8) is 0 Å². The number of hydrogen-bond acceptors (Lipinski definition) is 2. The third-order valence-electron chi connectivity index (χ3n) is 4.32. The van der Waals surface area contributed by atoms with Crippen molar-refractivity contribution < 1.29 is 9.53 Å². The fraction of sp³-hybridized carbons (Fsp3) is 0.773. The summed E-state index contributed by atoms with van der Waals surface area (Å²) in [6.45, 7) is 6.19. The molecule has 0 spiro atoms. The van der Waals surface area contributed by atoms with E-state index in [1.807, 2.05) is 0 Å². The van der Waals surface area contributed by atoms with Gasteiger partial charge in [0.25, 0.3) is 0 Å².